The van der Waals surface area contributed by atoms with Crippen LogP contribution in [0.1, 0.15) is 12.0 Å². The molecule has 0 atom stereocenters. The zero-order valence-corrected chi connectivity index (χ0v) is 24.5. The van der Waals surface area contributed by atoms with Crippen LogP contribution in [-0.2, 0) is 10.9 Å². The van der Waals surface area contributed by atoms with Crippen LogP contribution in [0.3, 0.4) is 0 Å². The smallest absolute Gasteiger partial charge is 0.417 e. The number of benzene rings is 3. The summed E-state index contributed by atoms with van der Waals surface area (Å²) in [5.74, 6) is 1.61. The Hall–Kier alpha value is -4.33. The van der Waals surface area contributed by atoms with E-state index in [2.05, 4.69) is 30.8 Å². The van der Waals surface area contributed by atoms with Gasteiger partial charge in [0.25, 0.3) is 0 Å². The van der Waals surface area contributed by atoms with E-state index in [4.69, 9.17) is 25.8 Å². The van der Waals surface area contributed by atoms with Gasteiger partial charge in [0.15, 0.2) is 11.5 Å². The quantitative estimate of drug-likeness (QED) is 0.164. The van der Waals surface area contributed by atoms with Gasteiger partial charge in [0.1, 0.15) is 12.1 Å². The van der Waals surface area contributed by atoms with Crippen molar-refractivity contribution in [1.82, 2.24) is 14.9 Å². The van der Waals surface area contributed by atoms with Gasteiger partial charge in [-0.2, -0.15) is 13.2 Å². The van der Waals surface area contributed by atoms with E-state index in [9.17, 15) is 18.0 Å². The molecule has 0 saturated carbocycles. The lowest BCUT2D eigenvalue weighted by atomic mass is 10.2. The van der Waals surface area contributed by atoms with Crippen LogP contribution in [0.2, 0.25) is 5.02 Å². The van der Waals surface area contributed by atoms with Crippen molar-refractivity contribution in [3.05, 3.63) is 71.5 Å². The van der Waals surface area contributed by atoms with Crippen molar-refractivity contribution < 1.29 is 32.2 Å². The van der Waals surface area contributed by atoms with Gasteiger partial charge in [-0.15, -0.1) is 0 Å². The topological polar surface area (TPSA) is 110 Å². The van der Waals surface area contributed by atoms with Gasteiger partial charge in [0.2, 0.25) is 0 Å². The number of carbonyl (C=O) groups excluding carboxylic acids is 1. The molecule has 14 heteroatoms. The Morgan fingerprint density at radius 3 is 2.50 bits per heavy atom. The molecule has 232 valence electrons. The number of carbonyl (C=O) groups is 1. The highest BCUT2D eigenvalue weighted by Crippen LogP contribution is 2.37. The van der Waals surface area contributed by atoms with Crippen LogP contribution in [0.5, 0.6) is 11.5 Å². The van der Waals surface area contributed by atoms with E-state index in [0.717, 1.165) is 51.4 Å². The van der Waals surface area contributed by atoms with Gasteiger partial charge >= 0.3 is 12.2 Å². The second-order valence-corrected chi connectivity index (χ2v) is 10.3. The molecule has 1 aliphatic rings. The van der Waals surface area contributed by atoms with Crippen LogP contribution >= 0.6 is 11.6 Å². The Balaban J connectivity index is 1.26. The Bertz CT molecular complexity index is 1620. The molecule has 2 heterocycles. The number of morpholine rings is 1. The number of anilines is 4. The fourth-order valence-corrected chi connectivity index (χ4v) is 4.88. The second-order valence-electron chi connectivity index (χ2n) is 9.88. The van der Waals surface area contributed by atoms with Gasteiger partial charge in [-0.3, -0.25) is 4.90 Å². The lowest BCUT2D eigenvalue weighted by Crippen LogP contribution is -2.37. The number of nitrogens with zero attached hydrogens (tertiary/aromatic N) is 3. The summed E-state index contributed by atoms with van der Waals surface area (Å²) in [6.45, 7) is 4.73. The number of urea groups is 1. The summed E-state index contributed by atoms with van der Waals surface area (Å²) in [6.07, 6.45) is -2.40. The molecule has 0 radical (unpaired) electrons. The third kappa shape index (κ3) is 7.98. The Labute approximate surface area is 256 Å². The third-order valence-electron chi connectivity index (χ3n) is 6.81. The molecule has 2 amide bonds. The number of nitrogens with one attached hydrogen (secondary N) is 3. The highest BCUT2D eigenvalue weighted by molar-refractivity contribution is 6.31. The molecule has 4 aromatic rings. The van der Waals surface area contributed by atoms with Crippen molar-refractivity contribution in [2.75, 3.05) is 62.5 Å². The van der Waals surface area contributed by atoms with Gasteiger partial charge in [0, 0.05) is 48.1 Å². The number of hydrogen-bond donors (Lipinski definition) is 3. The highest BCUT2D eigenvalue weighted by Gasteiger charge is 2.33. The Morgan fingerprint density at radius 2 is 1.75 bits per heavy atom. The maximum absolute atomic E-state index is 13.2. The average Bonchev–Trinajstić information content (AvgIpc) is 3.00. The first-order valence-electron chi connectivity index (χ1n) is 13.8. The van der Waals surface area contributed by atoms with E-state index in [1.54, 1.807) is 37.4 Å². The van der Waals surface area contributed by atoms with E-state index in [1.807, 2.05) is 6.07 Å². The molecule has 3 N–H and O–H groups in total. The fraction of sp³-hybridized carbons (Fsp3) is 0.300. The molecule has 0 bridgehead atoms. The molecular formula is C30H30ClF3N6O4. The van der Waals surface area contributed by atoms with Gasteiger partial charge in [-0.25, -0.2) is 14.8 Å². The van der Waals surface area contributed by atoms with Crippen LogP contribution in [0, 0.1) is 0 Å². The van der Waals surface area contributed by atoms with E-state index < -0.39 is 22.8 Å². The molecule has 5 rings (SSSR count). The zero-order chi connectivity index (χ0) is 31.1. The fourth-order valence-electron chi connectivity index (χ4n) is 4.66. The van der Waals surface area contributed by atoms with Crippen LogP contribution in [-0.4, -0.2) is 67.5 Å². The van der Waals surface area contributed by atoms with Crippen LogP contribution in [0.15, 0.2) is 60.9 Å². The number of fused-ring (bicyclic) bond motifs is 1. The van der Waals surface area contributed by atoms with Gasteiger partial charge in [0.05, 0.1) is 43.0 Å². The summed E-state index contributed by atoms with van der Waals surface area (Å²) >= 11 is 5.66. The van der Waals surface area contributed by atoms with Crippen molar-refractivity contribution in [3.63, 3.8) is 0 Å². The predicted octanol–water partition coefficient (Wildman–Crippen LogP) is 6.80. The van der Waals surface area contributed by atoms with Crippen molar-refractivity contribution >= 4 is 51.4 Å². The van der Waals surface area contributed by atoms with Crippen LogP contribution in [0.4, 0.5) is 40.8 Å². The minimum absolute atomic E-state index is 0.0597. The van der Waals surface area contributed by atoms with E-state index >= 15 is 0 Å². The van der Waals surface area contributed by atoms with Crippen LogP contribution in [0.25, 0.3) is 10.9 Å². The molecule has 1 aliphatic heterocycles. The molecule has 1 saturated heterocycles. The average molecular weight is 631 g/mol. The first kappa shape index (κ1) is 31.1. The summed E-state index contributed by atoms with van der Waals surface area (Å²) in [5, 5.41) is 8.49. The number of methoxy groups -OCH3 is 1. The van der Waals surface area contributed by atoms with Crippen molar-refractivity contribution in [1.29, 1.82) is 0 Å². The highest BCUT2D eigenvalue weighted by atomic mass is 35.5. The summed E-state index contributed by atoms with van der Waals surface area (Å²) in [4.78, 5) is 23.7. The van der Waals surface area contributed by atoms with Crippen molar-refractivity contribution in [2.45, 2.75) is 12.6 Å². The first-order chi connectivity index (χ1) is 21.2. The number of rotatable bonds is 10. The summed E-state index contributed by atoms with van der Waals surface area (Å²) in [6, 6.07) is 12.8. The monoisotopic (exact) mass is 630 g/mol. The van der Waals surface area contributed by atoms with Crippen molar-refractivity contribution in [3.8, 4) is 11.5 Å². The molecule has 0 aliphatic carbocycles. The van der Waals surface area contributed by atoms with Gasteiger partial charge in [-0.05, 0) is 48.9 Å². The second kappa shape index (κ2) is 14.0. The Kier molecular flexibility index (Phi) is 9.88. The van der Waals surface area contributed by atoms with E-state index in [0.29, 0.717) is 46.2 Å². The van der Waals surface area contributed by atoms with Gasteiger partial charge in [-0.1, -0.05) is 17.7 Å². The maximum Gasteiger partial charge on any atom is 0.417 e. The number of amides is 2. The number of hydrogen-bond acceptors (Lipinski definition) is 8. The van der Waals surface area contributed by atoms with E-state index in [1.165, 1.54) is 12.4 Å². The normalized spacial score (nSPS) is 13.8. The lowest BCUT2D eigenvalue weighted by Gasteiger charge is -2.26. The van der Waals surface area contributed by atoms with Crippen LogP contribution < -0.4 is 25.4 Å². The molecule has 10 nitrogen and oxygen atoms in total. The molecule has 3 aromatic carbocycles. The SMILES string of the molecule is COc1cc2ncnc(Nc3cccc(NC(=O)Nc4ccc(Cl)c(C(F)(F)F)c4)c3)c2cc1OCCCN1CCOCC1. The molecular weight excluding hydrogens is 601 g/mol. The Morgan fingerprint density at radius 1 is 1.00 bits per heavy atom. The number of alkyl halides is 3. The van der Waals surface area contributed by atoms with E-state index in [-0.39, 0.29) is 5.69 Å². The minimum atomic E-state index is -4.66. The molecule has 0 spiro atoms. The largest absolute Gasteiger partial charge is 0.493 e. The standard InChI is InChI=1S/C30H30ClF3N6O4/c1-42-26-17-25-22(16-27(26)44-11-3-8-40-9-12-43-13-10-40)28(36-18-35-25)37-19-4-2-5-20(14-19)38-29(41)39-21-6-7-24(31)23(15-21)30(32,33)34/h2,4-7,14-18H,3,8-13H2,1H3,(H,35,36,37)(H2,38,39,41). The number of halogens is 4. The molecule has 44 heavy (non-hydrogen) atoms. The summed E-state index contributed by atoms with van der Waals surface area (Å²) in [7, 11) is 1.57. The zero-order valence-electron chi connectivity index (χ0n) is 23.7. The number of aromatic nitrogens is 2. The number of ether oxygens (including phenoxy) is 3. The summed E-state index contributed by atoms with van der Waals surface area (Å²) < 4.78 is 56.6. The minimum Gasteiger partial charge on any atom is -0.493 e. The van der Waals surface area contributed by atoms with Crippen molar-refractivity contribution in [2.24, 2.45) is 0 Å². The summed E-state index contributed by atoms with van der Waals surface area (Å²) in [5.41, 5.74) is 0.518. The van der Waals surface area contributed by atoms with Gasteiger partial charge < -0.3 is 30.2 Å². The lowest BCUT2D eigenvalue weighted by molar-refractivity contribution is -0.137. The first-order valence-corrected chi connectivity index (χ1v) is 14.1. The molecule has 0 unspecified atom stereocenters. The molecule has 1 fully saturated rings. The third-order valence-corrected chi connectivity index (χ3v) is 7.14. The maximum atomic E-state index is 13.2. The molecule has 1 aromatic heterocycles. The predicted molar refractivity (Wildman–Crippen MR) is 162 cm³/mol.